The normalized spacial score (nSPS) is 14.9. The van der Waals surface area contributed by atoms with Gasteiger partial charge in [0.2, 0.25) is 15.2 Å². The summed E-state index contributed by atoms with van der Waals surface area (Å²) in [6.45, 7) is 2.78. The van der Waals surface area contributed by atoms with Crippen molar-refractivity contribution in [3.05, 3.63) is 65.7 Å². The lowest BCUT2D eigenvalue weighted by Gasteiger charge is -2.34. The van der Waals surface area contributed by atoms with Gasteiger partial charge in [0, 0.05) is 38.3 Å². The van der Waals surface area contributed by atoms with Crippen molar-refractivity contribution in [2.75, 3.05) is 44.4 Å². The fourth-order valence-corrected chi connectivity index (χ4v) is 6.58. The van der Waals surface area contributed by atoms with Crippen LogP contribution in [0.2, 0.25) is 0 Å². The van der Waals surface area contributed by atoms with Gasteiger partial charge in [-0.3, -0.25) is 19.8 Å². The molecule has 2 heterocycles. The average Bonchev–Trinajstić information content (AvgIpc) is 3.35. The molecule has 1 fully saturated rings. The van der Waals surface area contributed by atoms with E-state index in [1.54, 1.807) is 42.5 Å². The van der Waals surface area contributed by atoms with Crippen LogP contribution in [0.1, 0.15) is 15.9 Å². The number of methoxy groups -OCH3 is 1. The number of hydrogen-bond donors (Lipinski definition) is 1. The van der Waals surface area contributed by atoms with E-state index in [-0.39, 0.29) is 17.6 Å². The number of esters is 1. The van der Waals surface area contributed by atoms with E-state index in [0.717, 1.165) is 5.56 Å². The van der Waals surface area contributed by atoms with Gasteiger partial charge in [0.25, 0.3) is 5.91 Å². The fourth-order valence-electron chi connectivity index (χ4n) is 3.56. The second-order valence-corrected chi connectivity index (χ2v) is 12.0. The van der Waals surface area contributed by atoms with Crippen molar-refractivity contribution in [3.8, 4) is 0 Å². The van der Waals surface area contributed by atoms with Crippen molar-refractivity contribution in [1.29, 1.82) is 0 Å². The lowest BCUT2D eigenvalue weighted by molar-refractivity contribution is -0.137. The van der Waals surface area contributed by atoms with E-state index in [4.69, 9.17) is 0 Å². The number of nitrogens with one attached hydrogen (secondary N) is 1. The molecule has 190 valence electrons. The molecule has 1 aliphatic heterocycles. The number of ether oxygens (including phenoxy) is 1. The Labute approximate surface area is 217 Å². The first-order valence-electron chi connectivity index (χ1n) is 11.1. The summed E-state index contributed by atoms with van der Waals surface area (Å²) in [6, 6.07) is 15.8. The second kappa shape index (κ2) is 11.9. The zero-order valence-corrected chi connectivity index (χ0v) is 21.9. The topological polar surface area (TPSA) is 122 Å². The van der Waals surface area contributed by atoms with Crippen molar-refractivity contribution in [2.24, 2.45) is 0 Å². The van der Waals surface area contributed by atoms with Crippen molar-refractivity contribution >= 4 is 50.1 Å². The van der Waals surface area contributed by atoms with Gasteiger partial charge in [-0.25, -0.2) is 8.42 Å². The highest BCUT2D eigenvalue weighted by Crippen LogP contribution is 2.26. The van der Waals surface area contributed by atoms with E-state index < -0.39 is 10.0 Å². The summed E-state index contributed by atoms with van der Waals surface area (Å²) in [5.41, 5.74) is 1.51. The number of nitrogens with zero attached hydrogens (tertiary/aromatic N) is 4. The molecule has 2 aromatic carbocycles. The van der Waals surface area contributed by atoms with Crippen LogP contribution in [-0.2, 0) is 26.1 Å². The molecule has 0 radical (unpaired) electrons. The second-order valence-electron chi connectivity index (χ2n) is 7.88. The Balaban J connectivity index is 1.26. The predicted molar refractivity (Wildman–Crippen MR) is 138 cm³/mol. The standard InChI is InChI=1S/C23H25N5O5S3/c1-33-20(29)16-34-23-26-25-22(35-23)24-21(30)18-9-7-17(8-10-18)15-27-11-13-28(14-12-27)36(31,32)19-5-3-2-4-6-19/h2-10H,11-16H2,1H3,(H,24,25,30). The van der Waals surface area contributed by atoms with E-state index in [1.165, 1.54) is 34.5 Å². The minimum atomic E-state index is -3.47. The Morgan fingerprint density at radius 2 is 1.72 bits per heavy atom. The van der Waals surface area contributed by atoms with Crippen LogP contribution in [0.5, 0.6) is 0 Å². The molecule has 1 aliphatic rings. The molecule has 4 rings (SSSR count). The lowest BCUT2D eigenvalue weighted by atomic mass is 10.1. The molecule has 10 nitrogen and oxygen atoms in total. The first kappa shape index (κ1) is 26.2. The molecule has 1 amide bonds. The Morgan fingerprint density at radius 1 is 1.03 bits per heavy atom. The van der Waals surface area contributed by atoms with Crippen molar-refractivity contribution in [2.45, 2.75) is 15.8 Å². The molecule has 1 N–H and O–H groups in total. The summed E-state index contributed by atoms with van der Waals surface area (Å²) in [4.78, 5) is 26.3. The Hall–Kier alpha value is -2.84. The highest BCUT2D eigenvalue weighted by Gasteiger charge is 2.28. The van der Waals surface area contributed by atoms with E-state index in [1.807, 2.05) is 12.1 Å². The summed E-state index contributed by atoms with van der Waals surface area (Å²) in [7, 11) is -2.16. The van der Waals surface area contributed by atoms with E-state index >= 15 is 0 Å². The zero-order chi connectivity index (χ0) is 25.5. The maximum Gasteiger partial charge on any atom is 0.316 e. The molecule has 0 aliphatic carbocycles. The number of benzene rings is 2. The number of carbonyl (C=O) groups is 2. The van der Waals surface area contributed by atoms with Crippen LogP contribution in [0.15, 0.2) is 63.8 Å². The minimum Gasteiger partial charge on any atom is -0.468 e. The molecular formula is C23H25N5O5S3. The van der Waals surface area contributed by atoms with Gasteiger partial charge in [-0.1, -0.05) is 53.4 Å². The van der Waals surface area contributed by atoms with Crippen LogP contribution in [0.25, 0.3) is 0 Å². The van der Waals surface area contributed by atoms with Crippen LogP contribution in [-0.4, -0.2) is 78.7 Å². The average molecular weight is 548 g/mol. The smallest absolute Gasteiger partial charge is 0.316 e. The van der Waals surface area contributed by atoms with E-state index in [2.05, 4.69) is 25.2 Å². The van der Waals surface area contributed by atoms with Gasteiger partial charge in [-0.05, 0) is 29.8 Å². The maximum atomic E-state index is 12.8. The van der Waals surface area contributed by atoms with Gasteiger partial charge in [-0.2, -0.15) is 4.31 Å². The first-order valence-corrected chi connectivity index (χ1v) is 14.3. The quantitative estimate of drug-likeness (QED) is 0.245. The number of amides is 1. The first-order chi connectivity index (χ1) is 17.3. The van der Waals surface area contributed by atoms with Crippen LogP contribution in [0.3, 0.4) is 0 Å². The molecule has 36 heavy (non-hydrogen) atoms. The van der Waals surface area contributed by atoms with Crippen LogP contribution in [0.4, 0.5) is 5.13 Å². The third kappa shape index (κ3) is 6.68. The van der Waals surface area contributed by atoms with Crippen LogP contribution < -0.4 is 5.32 Å². The number of aromatic nitrogens is 2. The predicted octanol–water partition coefficient (Wildman–Crippen LogP) is 2.56. The molecular weight excluding hydrogens is 522 g/mol. The third-order valence-corrected chi connectivity index (χ3v) is 9.36. The summed E-state index contributed by atoms with van der Waals surface area (Å²) in [5.74, 6) is -0.541. The summed E-state index contributed by atoms with van der Waals surface area (Å²) in [5, 5.41) is 10.9. The summed E-state index contributed by atoms with van der Waals surface area (Å²) >= 11 is 2.38. The van der Waals surface area contributed by atoms with Gasteiger partial charge >= 0.3 is 5.97 Å². The number of thioether (sulfide) groups is 1. The zero-order valence-electron chi connectivity index (χ0n) is 19.5. The molecule has 0 atom stereocenters. The van der Waals surface area contributed by atoms with Gasteiger partial charge < -0.3 is 4.74 Å². The van der Waals surface area contributed by atoms with Gasteiger partial charge in [0.1, 0.15) is 0 Å². The van der Waals surface area contributed by atoms with Crippen LogP contribution >= 0.6 is 23.1 Å². The lowest BCUT2D eigenvalue weighted by Crippen LogP contribution is -2.48. The Morgan fingerprint density at radius 3 is 2.39 bits per heavy atom. The molecule has 1 saturated heterocycles. The van der Waals surface area contributed by atoms with Gasteiger partial charge in [0.15, 0.2) is 4.34 Å². The number of rotatable bonds is 9. The van der Waals surface area contributed by atoms with E-state index in [0.29, 0.717) is 52.7 Å². The SMILES string of the molecule is COC(=O)CSc1nnc(NC(=O)c2ccc(CN3CCN(S(=O)(=O)c4ccccc4)CC3)cc2)s1. The number of piperazine rings is 1. The summed E-state index contributed by atoms with van der Waals surface area (Å²) < 4.78 is 32.3. The molecule has 0 saturated carbocycles. The van der Waals surface area contributed by atoms with Crippen molar-refractivity contribution in [3.63, 3.8) is 0 Å². The number of carbonyl (C=O) groups excluding carboxylic acids is 2. The van der Waals surface area contributed by atoms with Crippen LogP contribution in [0, 0.1) is 0 Å². The highest BCUT2D eigenvalue weighted by molar-refractivity contribution is 8.01. The summed E-state index contributed by atoms with van der Waals surface area (Å²) in [6.07, 6.45) is 0. The largest absolute Gasteiger partial charge is 0.468 e. The monoisotopic (exact) mass is 547 g/mol. The third-order valence-electron chi connectivity index (χ3n) is 5.50. The number of anilines is 1. The van der Waals surface area contributed by atoms with Gasteiger partial charge in [-0.15, -0.1) is 10.2 Å². The maximum absolute atomic E-state index is 12.8. The number of sulfonamides is 1. The highest BCUT2D eigenvalue weighted by atomic mass is 32.2. The van der Waals surface area contributed by atoms with Crippen molar-refractivity contribution < 1.29 is 22.7 Å². The van der Waals surface area contributed by atoms with E-state index in [9.17, 15) is 18.0 Å². The molecule has 3 aromatic rings. The number of hydrogen-bond acceptors (Lipinski definition) is 10. The molecule has 0 spiro atoms. The Bertz CT molecular complexity index is 1290. The molecule has 1 aromatic heterocycles. The van der Waals surface area contributed by atoms with Crippen molar-refractivity contribution in [1.82, 2.24) is 19.4 Å². The van der Waals surface area contributed by atoms with Gasteiger partial charge in [0.05, 0.1) is 17.8 Å². The minimum absolute atomic E-state index is 0.123. The molecule has 0 bridgehead atoms. The fraction of sp³-hybridized carbons (Fsp3) is 0.304. The molecule has 0 unspecified atom stereocenters. The molecule has 13 heteroatoms. The Kier molecular flexibility index (Phi) is 8.69.